The third-order valence-electron chi connectivity index (χ3n) is 4.91. The quantitative estimate of drug-likeness (QED) is 0.364. The molecule has 0 aliphatic heterocycles. The first-order chi connectivity index (χ1) is 13.3. The normalized spacial score (nSPS) is 13.9. The fourth-order valence-electron chi connectivity index (χ4n) is 3.50. The summed E-state index contributed by atoms with van der Waals surface area (Å²) >= 11 is 0. The van der Waals surface area contributed by atoms with Crippen molar-refractivity contribution in [3.63, 3.8) is 0 Å². The smallest absolute Gasteiger partial charge is 0.403 e. The summed E-state index contributed by atoms with van der Waals surface area (Å²) in [4.78, 5) is 0. The van der Waals surface area contributed by atoms with Crippen LogP contribution in [0.1, 0.15) is 50.2 Å². The van der Waals surface area contributed by atoms with Crippen LogP contribution in [0.4, 0.5) is 22.0 Å². The average Bonchev–Trinajstić information content (AvgIpc) is 2.63. The molecule has 1 aliphatic carbocycles. The first-order valence-electron chi connectivity index (χ1n) is 9.35. The number of halogens is 5. The Morgan fingerprint density at radius 3 is 2.46 bits per heavy atom. The van der Waals surface area contributed by atoms with Crippen LogP contribution in [0.2, 0.25) is 0 Å². The number of ether oxygens (including phenoxy) is 1. The van der Waals surface area contributed by atoms with Crippen molar-refractivity contribution in [1.82, 2.24) is 0 Å². The Kier molecular flexibility index (Phi) is 6.06. The molecule has 0 spiro atoms. The van der Waals surface area contributed by atoms with Crippen LogP contribution in [-0.2, 0) is 6.42 Å². The van der Waals surface area contributed by atoms with Crippen LogP contribution in [0.5, 0.6) is 5.75 Å². The second kappa shape index (κ2) is 8.33. The van der Waals surface area contributed by atoms with E-state index in [1.807, 2.05) is 6.08 Å². The Labute approximate surface area is 160 Å². The predicted octanol–water partition coefficient (Wildman–Crippen LogP) is 7.44. The summed E-state index contributed by atoms with van der Waals surface area (Å²) in [5, 5.41) is 0. The number of rotatable bonds is 6. The Balaban J connectivity index is 1.86. The zero-order valence-corrected chi connectivity index (χ0v) is 15.5. The number of unbranched alkanes of at least 4 members (excludes halogenated alkanes) is 2. The number of hydrogen-bond donors (Lipinski definition) is 0. The number of hydrogen-bond acceptors (Lipinski definition) is 1. The monoisotopic (exact) mass is 396 g/mol. The van der Waals surface area contributed by atoms with E-state index in [9.17, 15) is 17.6 Å². The van der Waals surface area contributed by atoms with Crippen molar-refractivity contribution in [2.45, 2.75) is 51.8 Å². The van der Waals surface area contributed by atoms with Crippen LogP contribution < -0.4 is 4.74 Å². The Hall–Kier alpha value is -2.37. The van der Waals surface area contributed by atoms with Crippen molar-refractivity contribution in [1.29, 1.82) is 0 Å². The minimum Gasteiger partial charge on any atom is -0.403 e. The van der Waals surface area contributed by atoms with Crippen molar-refractivity contribution >= 4 is 6.08 Å². The van der Waals surface area contributed by atoms with Gasteiger partial charge in [-0.2, -0.15) is 0 Å². The zero-order valence-electron chi connectivity index (χ0n) is 15.5. The van der Waals surface area contributed by atoms with Gasteiger partial charge in [-0.25, -0.2) is 8.78 Å². The largest absolute Gasteiger partial charge is 0.573 e. The molecule has 0 atom stereocenters. The summed E-state index contributed by atoms with van der Waals surface area (Å²) in [6, 6.07) is 6.27. The molecule has 0 radical (unpaired) electrons. The molecule has 2 aromatic carbocycles. The van der Waals surface area contributed by atoms with Gasteiger partial charge in [0, 0.05) is 5.56 Å². The van der Waals surface area contributed by atoms with Crippen LogP contribution in [0.25, 0.3) is 17.2 Å². The van der Waals surface area contributed by atoms with Gasteiger partial charge in [-0.05, 0) is 54.5 Å². The lowest BCUT2D eigenvalue weighted by Crippen LogP contribution is -2.17. The van der Waals surface area contributed by atoms with E-state index in [2.05, 4.69) is 11.7 Å². The van der Waals surface area contributed by atoms with Crippen molar-refractivity contribution in [3.8, 4) is 16.9 Å². The maximum absolute atomic E-state index is 15.0. The van der Waals surface area contributed by atoms with Gasteiger partial charge in [-0.1, -0.05) is 49.6 Å². The molecular formula is C22H21F5O. The lowest BCUT2D eigenvalue weighted by molar-refractivity contribution is -0.275. The fourth-order valence-corrected chi connectivity index (χ4v) is 3.50. The molecule has 0 unspecified atom stereocenters. The van der Waals surface area contributed by atoms with Crippen LogP contribution in [0.15, 0.2) is 35.9 Å². The molecule has 1 aliphatic rings. The highest BCUT2D eigenvalue weighted by atomic mass is 19.4. The fraction of sp³-hybridized carbons (Fsp3) is 0.364. The van der Waals surface area contributed by atoms with E-state index in [1.165, 1.54) is 11.6 Å². The van der Waals surface area contributed by atoms with Crippen LogP contribution >= 0.6 is 0 Å². The summed E-state index contributed by atoms with van der Waals surface area (Å²) in [6.45, 7) is 2.14. The SMILES string of the molecule is CCCCCC1=Cc2ccc(-c3ccc(OC(F)(F)F)c(F)c3)c(F)c2CC1. The molecule has 2 aromatic rings. The van der Waals surface area contributed by atoms with E-state index < -0.39 is 23.7 Å². The third-order valence-corrected chi connectivity index (χ3v) is 4.91. The van der Waals surface area contributed by atoms with Gasteiger partial charge in [0.2, 0.25) is 0 Å². The van der Waals surface area contributed by atoms with Crippen molar-refractivity contribution < 1.29 is 26.7 Å². The topological polar surface area (TPSA) is 9.23 Å². The molecule has 0 heterocycles. The van der Waals surface area contributed by atoms with Gasteiger partial charge in [0.25, 0.3) is 0 Å². The molecule has 0 saturated carbocycles. The molecule has 0 amide bonds. The summed E-state index contributed by atoms with van der Waals surface area (Å²) in [6.07, 6.45) is 2.80. The second-order valence-corrected chi connectivity index (χ2v) is 6.95. The lowest BCUT2D eigenvalue weighted by atomic mass is 9.87. The van der Waals surface area contributed by atoms with E-state index in [-0.39, 0.29) is 11.1 Å². The van der Waals surface area contributed by atoms with Crippen LogP contribution in [0, 0.1) is 11.6 Å². The predicted molar refractivity (Wildman–Crippen MR) is 98.9 cm³/mol. The average molecular weight is 396 g/mol. The highest BCUT2D eigenvalue weighted by Crippen LogP contribution is 2.35. The highest BCUT2D eigenvalue weighted by molar-refractivity contribution is 5.71. The van der Waals surface area contributed by atoms with E-state index >= 15 is 4.39 Å². The number of alkyl halides is 3. The zero-order chi connectivity index (χ0) is 20.3. The number of allylic oxidation sites excluding steroid dienone is 1. The molecule has 0 N–H and O–H groups in total. The maximum atomic E-state index is 15.0. The summed E-state index contributed by atoms with van der Waals surface area (Å²) in [5.74, 6) is -2.58. The molecule has 1 nitrogen and oxygen atoms in total. The van der Waals surface area contributed by atoms with Gasteiger partial charge >= 0.3 is 6.36 Å². The van der Waals surface area contributed by atoms with E-state index in [1.54, 1.807) is 12.1 Å². The Morgan fingerprint density at radius 1 is 1.00 bits per heavy atom. The van der Waals surface area contributed by atoms with Crippen molar-refractivity contribution in [3.05, 3.63) is 58.7 Å². The third kappa shape index (κ3) is 4.72. The molecule has 28 heavy (non-hydrogen) atoms. The number of fused-ring (bicyclic) bond motifs is 1. The molecule has 0 aromatic heterocycles. The maximum Gasteiger partial charge on any atom is 0.573 e. The van der Waals surface area contributed by atoms with Gasteiger partial charge in [0.05, 0.1) is 0 Å². The minimum atomic E-state index is -4.99. The van der Waals surface area contributed by atoms with E-state index in [0.717, 1.165) is 49.8 Å². The van der Waals surface area contributed by atoms with E-state index in [4.69, 9.17) is 0 Å². The van der Waals surface area contributed by atoms with Gasteiger partial charge in [0.1, 0.15) is 5.82 Å². The molecule has 0 saturated heterocycles. The van der Waals surface area contributed by atoms with Gasteiger partial charge in [-0.15, -0.1) is 13.2 Å². The molecular weight excluding hydrogens is 375 g/mol. The molecule has 0 fully saturated rings. The van der Waals surface area contributed by atoms with Crippen LogP contribution in [-0.4, -0.2) is 6.36 Å². The van der Waals surface area contributed by atoms with Gasteiger partial charge in [-0.3, -0.25) is 0 Å². The van der Waals surface area contributed by atoms with Crippen LogP contribution in [0.3, 0.4) is 0 Å². The molecule has 3 rings (SSSR count). The lowest BCUT2D eigenvalue weighted by Gasteiger charge is -2.19. The molecule has 6 heteroatoms. The second-order valence-electron chi connectivity index (χ2n) is 6.95. The summed E-state index contributed by atoms with van der Waals surface area (Å²) in [7, 11) is 0. The first-order valence-corrected chi connectivity index (χ1v) is 9.35. The van der Waals surface area contributed by atoms with Gasteiger partial charge in [0.15, 0.2) is 11.6 Å². The summed E-state index contributed by atoms with van der Waals surface area (Å²) < 4.78 is 69.4. The van der Waals surface area contributed by atoms with Crippen molar-refractivity contribution in [2.24, 2.45) is 0 Å². The minimum absolute atomic E-state index is 0.166. The summed E-state index contributed by atoms with van der Waals surface area (Å²) in [5.41, 5.74) is 3.01. The Bertz CT molecular complexity index is 883. The highest BCUT2D eigenvalue weighted by Gasteiger charge is 2.32. The molecule has 0 bridgehead atoms. The van der Waals surface area contributed by atoms with Crippen molar-refractivity contribution in [2.75, 3.05) is 0 Å². The number of benzene rings is 2. The molecule has 150 valence electrons. The van der Waals surface area contributed by atoms with Gasteiger partial charge < -0.3 is 4.74 Å². The Morgan fingerprint density at radius 2 is 1.79 bits per heavy atom. The van der Waals surface area contributed by atoms with E-state index in [0.29, 0.717) is 12.0 Å². The standard InChI is InChI=1S/C22H21F5O/c1-2-3-4-5-14-6-9-17-15(12-14)7-10-18(21(17)24)16-8-11-20(19(23)13-16)28-22(25,26)27/h7-8,10-13H,2-6,9H2,1H3. The first kappa shape index (κ1) is 20.4.